The van der Waals surface area contributed by atoms with E-state index < -0.39 is 11.9 Å². The molecule has 0 saturated carbocycles. The first-order valence-electron chi connectivity index (χ1n) is 5.48. The number of carbonyl (C=O) groups is 2. The molecule has 0 bridgehead atoms. The van der Waals surface area contributed by atoms with Crippen LogP contribution < -0.4 is 5.32 Å². The number of hydrogen-bond acceptors (Lipinski definition) is 3. The van der Waals surface area contributed by atoms with E-state index in [1.165, 1.54) is 31.2 Å². The van der Waals surface area contributed by atoms with Gasteiger partial charge in [0.2, 0.25) is 12.2 Å². The molecule has 0 spiro atoms. The molecule has 1 aromatic rings. The zero-order valence-electron chi connectivity index (χ0n) is 9.90. The molecule has 0 fully saturated rings. The van der Waals surface area contributed by atoms with E-state index in [0.717, 1.165) is 0 Å². The molecule has 1 N–H and O–H groups in total. The maximum absolute atomic E-state index is 12.6. The van der Waals surface area contributed by atoms with E-state index in [2.05, 4.69) is 5.32 Å². The molecule has 0 aliphatic rings. The van der Waals surface area contributed by atoms with Crippen LogP contribution in [0.5, 0.6) is 0 Å². The Morgan fingerprint density at radius 2 is 1.89 bits per heavy atom. The molecular formula is C13H13FNO3. The van der Waals surface area contributed by atoms with E-state index in [9.17, 15) is 18.8 Å². The van der Waals surface area contributed by atoms with E-state index in [0.29, 0.717) is 5.56 Å². The summed E-state index contributed by atoms with van der Waals surface area (Å²) >= 11 is 0. The van der Waals surface area contributed by atoms with Gasteiger partial charge in [0.05, 0.1) is 6.04 Å². The zero-order valence-corrected chi connectivity index (χ0v) is 9.90. The first-order chi connectivity index (χ1) is 8.52. The highest BCUT2D eigenvalue weighted by atomic mass is 19.1. The van der Waals surface area contributed by atoms with Gasteiger partial charge in [-0.3, -0.25) is 14.4 Å². The summed E-state index contributed by atoms with van der Waals surface area (Å²) in [6.45, 7) is 1.49. The van der Waals surface area contributed by atoms with Crippen LogP contribution in [-0.2, 0) is 9.59 Å². The summed E-state index contributed by atoms with van der Waals surface area (Å²) in [4.78, 5) is 33.1. The van der Waals surface area contributed by atoms with Crippen LogP contribution in [0.2, 0.25) is 0 Å². The van der Waals surface area contributed by atoms with Gasteiger partial charge in [-0.1, -0.05) is 0 Å². The molecule has 1 rings (SSSR count). The Bertz CT molecular complexity index is 442. The number of amides is 1. The van der Waals surface area contributed by atoms with Crippen molar-refractivity contribution in [3.8, 4) is 0 Å². The highest BCUT2D eigenvalue weighted by Crippen LogP contribution is 2.07. The average molecular weight is 250 g/mol. The summed E-state index contributed by atoms with van der Waals surface area (Å²) in [5.41, 5.74) is 0.360. The predicted octanol–water partition coefficient (Wildman–Crippen LogP) is 1.40. The molecule has 0 saturated heterocycles. The van der Waals surface area contributed by atoms with Crippen LogP contribution in [0.1, 0.15) is 30.1 Å². The molecule has 1 aromatic carbocycles. The van der Waals surface area contributed by atoms with Crippen molar-refractivity contribution in [3.63, 3.8) is 0 Å². The smallest absolute Gasteiger partial charge is 0.222 e. The van der Waals surface area contributed by atoms with E-state index in [4.69, 9.17) is 0 Å². The van der Waals surface area contributed by atoms with Crippen LogP contribution in [0, 0.1) is 5.82 Å². The van der Waals surface area contributed by atoms with Crippen molar-refractivity contribution in [2.24, 2.45) is 0 Å². The van der Waals surface area contributed by atoms with Crippen molar-refractivity contribution in [2.75, 3.05) is 0 Å². The van der Waals surface area contributed by atoms with Crippen molar-refractivity contribution >= 4 is 18.0 Å². The Hall–Kier alpha value is -2.04. The minimum absolute atomic E-state index is 0.0117. The van der Waals surface area contributed by atoms with Crippen LogP contribution in [-0.4, -0.2) is 24.0 Å². The molecule has 18 heavy (non-hydrogen) atoms. The van der Waals surface area contributed by atoms with Crippen LogP contribution in [0.15, 0.2) is 24.3 Å². The Morgan fingerprint density at radius 1 is 1.28 bits per heavy atom. The van der Waals surface area contributed by atoms with Gasteiger partial charge in [-0.25, -0.2) is 4.39 Å². The lowest BCUT2D eigenvalue weighted by molar-refractivity contribution is -0.121. The second-order valence-corrected chi connectivity index (χ2v) is 3.84. The van der Waals surface area contributed by atoms with Gasteiger partial charge in [-0.2, -0.15) is 0 Å². The first-order valence-corrected chi connectivity index (χ1v) is 5.48. The molecule has 0 unspecified atom stereocenters. The van der Waals surface area contributed by atoms with Crippen LogP contribution in [0.25, 0.3) is 0 Å². The van der Waals surface area contributed by atoms with E-state index >= 15 is 0 Å². The van der Waals surface area contributed by atoms with Gasteiger partial charge in [0.25, 0.3) is 0 Å². The van der Waals surface area contributed by atoms with Crippen molar-refractivity contribution in [1.29, 1.82) is 0 Å². The standard InChI is InChI=1S/C13H13FNO3/c1-9(8-16)15-13(18)7-6-12(17)10-2-4-11(14)5-3-10/h2-5,9H,6-7H2,1H3,(H,15,18)/t9-/m0/s1. The summed E-state index contributed by atoms with van der Waals surface area (Å²) in [5.74, 6) is -1.05. The molecule has 95 valence electrons. The molecule has 1 atom stereocenters. The summed E-state index contributed by atoms with van der Waals surface area (Å²) in [6, 6.07) is 4.45. The summed E-state index contributed by atoms with van der Waals surface area (Å²) in [5, 5.41) is 2.37. The third kappa shape index (κ3) is 4.45. The zero-order chi connectivity index (χ0) is 13.5. The number of Topliss-reactive ketones (excluding diaryl/α,β-unsaturated/α-hetero) is 1. The van der Waals surface area contributed by atoms with Crippen molar-refractivity contribution < 1.29 is 18.8 Å². The molecule has 4 nitrogen and oxygen atoms in total. The minimum Gasteiger partial charge on any atom is -0.346 e. The molecule has 5 heteroatoms. The maximum Gasteiger partial charge on any atom is 0.222 e. The molecule has 0 aromatic heterocycles. The summed E-state index contributed by atoms with van der Waals surface area (Å²) in [7, 11) is 0. The minimum atomic E-state index is -0.682. The predicted molar refractivity (Wildman–Crippen MR) is 63.3 cm³/mol. The SMILES string of the molecule is C[C@@H]([C]=O)NC(=O)CCC(=O)c1ccc(F)cc1. The Balaban J connectivity index is 2.44. The Morgan fingerprint density at radius 3 is 2.44 bits per heavy atom. The molecule has 0 heterocycles. The van der Waals surface area contributed by atoms with E-state index in [-0.39, 0.29) is 24.5 Å². The fourth-order valence-electron chi connectivity index (χ4n) is 1.35. The number of carbonyl (C=O) groups excluding carboxylic acids is 3. The number of benzene rings is 1. The van der Waals surface area contributed by atoms with E-state index in [1.807, 2.05) is 0 Å². The van der Waals surface area contributed by atoms with Crippen LogP contribution in [0.4, 0.5) is 4.39 Å². The summed E-state index contributed by atoms with van der Waals surface area (Å²) < 4.78 is 12.6. The lowest BCUT2D eigenvalue weighted by Gasteiger charge is -2.06. The second kappa shape index (κ2) is 6.64. The largest absolute Gasteiger partial charge is 0.346 e. The third-order valence-electron chi connectivity index (χ3n) is 2.30. The molecule has 0 aliphatic carbocycles. The first kappa shape index (κ1) is 14.0. The topological polar surface area (TPSA) is 63.2 Å². The van der Waals surface area contributed by atoms with Gasteiger partial charge in [0.1, 0.15) is 5.82 Å². The van der Waals surface area contributed by atoms with Crippen molar-refractivity contribution in [1.82, 2.24) is 5.32 Å². The van der Waals surface area contributed by atoms with Gasteiger partial charge in [-0.15, -0.1) is 0 Å². The number of rotatable bonds is 6. The second-order valence-electron chi connectivity index (χ2n) is 3.84. The monoisotopic (exact) mass is 250 g/mol. The van der Waals surface area contributed by atoms with Gasteiger partial charge in [0.15, 0.2) is 5.78 Å². The number of halogens is 1. The van der Waals surface area contributed by atoms with Crippen molar-refractivity contribution in [2.45, 2.75) is 25.8 Å². The van der Waals surface area contributed by atoms with Gasteiger partial charge < -0.3 is 5.32 Å². The Kier molecular flexibility index (Phi) is 5.17. The Labute approximate surface area is 104 Å². The fraction of sp³-hybridized carbons (Fsp3) is 0.308. The maximum atomic E-state index is 12.6. The van der Waals surface area contributed by atoms with E-state index in [1.54, 1.807) is 6.29 Å². The number of hydrogen-bond donors (Lipinski definition) is 1. The third-order valence-corrected chi connectivity index (χ3v) is 2.30. The van der Waals surface area contributed by atoms with Gasteiger partial charge in [-0.05, 0) is 31.2 Å². The quantitative estimate of drug-likeness (QED) is 0.776. The molecule has 1 radical (unpaired) electrons. The lowest BCUT2D eigenvalue weighted by atomic mass is 10.1. The molecule has 1 amide bonds. The van der Waals surface area contributed by atoms with Crippen LogP contribution >= 0.6 is 0 Å². The number of nitrogens with one attached hydrogen (secondary N) is 1. The molecular weight excluding hydrogens is 237 g/mol. The van der Waals surface area contributed by atoms with Gasteiger partial charge in [0, 0.05) is 18.4 Å². The lowest BCUT2D eigenvalue weighted by Crippen LogP contribution is -2.33. The average Bonchev–Trinajstić information content (AvgIpc) is 2.36. The molecule has 0 aliphatic heterocycles. The van der Waals surface area contributed by atoms with Crippen molar-refractivity contribution in [3.05, 3.63) is 35.6 Å². The fourth-order valence-corrected chi connectivity index (χ4v) is 1.35. The highest BCUT2D eigenvalue weighted by Gasteiger charge is 2.11. The summed E-state index contributed by atoms with van der Waals surface area (Å²) in [6.07, 6.45) is 1.62. The normalized spacial score (nSPS) is 11.7. The number of ketones is 1. The van der Waals surface area contributed by atoms with Gasteiger partial charge >= 0.3 is 0 Å². The van der Waals surface area contributed by atoms with Crippen LogP contribution in [0.3, 0.4) is 0 Å². The highest BCUT2D eigenvalue weighted by molar-refractivity contribution is 5.98.